The molecule has 0 aliphatic carbocycles. The Kier molecular flexibility index (Phi) is 4.39. The molecular formula is C16H22BrN5O2. The van der Waals surface area contributed by atoms with Gasteiger partial charge in [-0.3, -0.25) is 9.69 Å². The summed E-state index contributed by atoms with van der Waals surface area (Å²) in [7, 11) is 1.63. The van der Waals surface area contributed by atoms with Crippen molar-refractivity contribution in [2.45, 2.75) is 31.7 Å². The number of nitrogens with zero attached hydrogens (tertiary/aromatic N) is 4. The van der Waals surface area contributed by atoms with Crippen molar-refractivity contribution in [2.75, 3.05) is 20.1 Å². The van der Waals surface area contributed by atoms with E-state index in [0.717, 1.165) is 17.3 Å². The third-order valence-electron chi connectivity index (χ3n) is 5.19. The van der Waals surface area contributed by atoms with Gasteiger partial charge in [0.15, 0.2) is 5.96 Å². The number of nitrogens with two attached hydrogens (primary N) is 1. The number of quaternary nitrogens is 1. The van der Waals surface area contributed by atoms with Gasteiger partial charge in [0.1, 0.15) is 0 Å². The van der Waals surface area contributed by atoms with Crippen molar-refractivity contribution in [3.05, 3.63) is 28.0 Å². The van der Waals surface area contributed by atoms with Crippen molar-refractivity contribution >= 4 is 33.6 Å². The molecule has 1 saturated heterocycles. The van der Waals surface area contributed by atoms with Gasteiger partial charge in [-0.1, -0.05) is 15.9 Å². The topological polar surface area (TPSA) is 94.6 Å². The van der Waals surface area contributed by atoms with Crippen molar-refractivity contribution in [1.29, 1.82) is 0 Å². The van der Waals surface area contributed by atoms with Crippen LogP contribution < -0.4 is 10.4 Å². The highest BCUT2D eigenvalue weighted by Crippen LogP contribution is 2.39. The van der Waals surface area contributed by atoms with E-state index in [9.17, 15) is 10.0 Å². The number of halogens is 1. The molecule has 2 aliphatic heterocycles. The minimum atomic E-state index is -0.631. The zero-order chi connectivity index (χ0) is 17.5. The maximum absolute atomic E-state index is 13.4. The monoisotopic (exact) mass is 395 g/mol. The molecule has 3 heterocycles. The number of rotatable bonds is 2. The lowest BCUT2D eigenvalue weighted by atomic mass is 9.77. The second-order valence-electron chi connectivity index (χ2n) is 6.92. The molecule has 0 spiro atoms. The zero-order valence-corrected chi connectivity index (χ0v) is 15.5. The SMILES string of the molecule is CN1C(=O)C[C@@](C)(C2CCC[N+]([O-])(c3cc(Br)ccn3)C2)N=C1N. The molecule has 0 saturated carbocycles. The first-order valence-corrected chi connectivity index (χ1v) is 8.85. The number of carbonyl (C=O) groups excluding carboxylic acids is 1. The van der Waals surface area contributed by atoms with Gasteiger partial charge < -0.3 is 15.6 Å². The first-order valence-electron chi connectivity index (χ1n) is 8.06. The molecular weight excluding hydrogens is 374 g/mol. The summed E-state index contributed by atoms with van der Waals surface area (Å²) in [5.41, 5.74) is 5.27. The van der Waals surface area contributed by atoms with Crippen LogP contribution in [-0.2, 0) is 4.79 Å². The predicted molar refractivity (Wildman–Crippen MR) is 97.0 cm³/mol. The van der Waals surface area contributed by atoms with Crippen LogP contribution in [0.5, 0.6) is 0 Å². The van der Waals surface area contributed by atoms with Crippen molar-refractivity contribution in [1.82, 2.24) is 14.5 Å². The van der Waals surface area contributed by atoms with E-state index in [1.807, 2.05) is 6.92 Å². The zero-order valence-electron chi connectivity index (χ0n) is 13.9. The summed E-state index contributed by atoms with van der Waals surface area (Å²) in [6, 6.07) is 3.58. The Balaban J connectivity index is 1.89. The number of aliphatic imine (C=N–C) groups is 1. The summed E-state index contributed by atoms with van der Waals surface area (Å²) in [4.78, 5) is 22.4. The number of hydrogen-bond donors (Lipinski definition) is 1. The summed E-state index contributed by atoms with van der Waals surface area (Å²) in [6.07, 6.45) is 3.55. The number of pyridine rings is 1. The van der Waals surface area contributed by atoms with Crippen LogP contribution in [0, 0.1) is 11.1 Å². The highest BCUT2D eigenvalue weighted by molar-refractivity contribution is 9.10. The molecule has 2 aliphatic rings. The number of carbonyl (C=O) groups is 1. The molecule has 0 radical (unpaired) electrons. The Morgan fingerprint density at radius 1 is 1.54 bits per heavy atom. The van der Waals surface area contributed by atoms with E-state index in [-0.39, 0.29) is 24.2 Å². The molecule has 7 nitrogen and oxygen atoms in total. The van der Waals surface area contributed by atoms with Crippen molar-refractivity contribution in [2.24, 2.45) is 16.6 Å². The Labute approximate surface area is 149 Å². The van der Waals surface area contributed by atoms with Crippen molar-refractivity contribution in [3.8, 4) is 0 Å². The molecule has 24 heavy (non-hydrogen) atoms. The quantitative estimate of drug-likeness (QED) is 0.611. The fraction of sp³-hybridized carbons (Fsp3) is 0.562. The summed E-state index contributed by atoms with van der Waals surface area (Å²) in [5, 5.41) is 13.4. The average Bonchev–Trinajstić information content (AvgIpc) is 2.53. The highest BCUT2D eigenvalue weighted by atomic mass is 79.9. The number of piperidine rings is 1. The molecule has 3 atom stereocenters. The lowest BCUT2D eigenvalue weighted by molar-refractivity contribution is -0.129. The van der Waals surface area contributed by atoms with E-state index >= 15 is 0 Å². The Morgan fingerprint density at radius 2 is 2.29 bits per heavy atom. The normalized spacial score (nSPS) is 34.2. The number of aromatic nitrogens is 1. The molecule has 2 N–H and O–H groups in total. The van der Waals surface area contributed by atoms with Gasteiger partial charge in [-0.15, -0.1) is 0 Å². The Bertz CT molecular complexity index is 697. The molecule has 130 valence electrons. The molecule has 0 bridgehead atoms. The smallest absolute Gasteiger partial charge is 0.231 e. The Hall–Kier alpha value is -1.51. The van der Waals surface area contributed by atoms with Gasteiger partial charge in [-0.05, 0) is 25.8 Å². The summed E-state index contributed by atoms with van der Waals surface area (Å²) in [6.45, 7) is 2.77. The highest BCUT2D eigenvalue weighted by Gasteiger charge is 2.46. The number of hydroxylamine groups is 2. The number of amides is 1. The van der Waals surface area contributed by atoms with E-state index in [1.165, 1.54) is 4.90 Å². The van der Waals surface area contributed by atoms with Crippen LogP contribution in [0.4, 0.5) is 5.82 Å². The van der Waals surface area contributed by atoms with Crippen LogP contribution in [0.2, 0.25) is 0 Å². The lowest BCUT2D eigenvalue weighted by Crippen LogP contribution is -2.58. The van der Waals surface area contributed by atoms with Crippen molar-refractivity contribution in [3.63, 3.8) is 0 Å². The van der Waals surface area contributed by atoms with Gasteiger partial charge in [-0.25, -0.2) is 9.98 Å². The van der Waals surface area contributed by atoms with Crippen LogP contribution in [0.3, 0.4) is 0 Å². The summed E-state index contributed by atoms with van der Waals surface area (Å²) in [5.74, 6) is 0.652. The predicted octanol–water partition coefficient (Wildman–Crippen LogP) is 1.99. The average molecular weight is 396 g/mol. The molecule has 1 amide bonds. The maximum Gasteiger partial charge on any atom is 0.231 e. The number of hydrogen-bond acceptors (Lipinski definition) is 5. The van der Waals surface area contributed by atoms with Gasteiger partial charge in [-0.2, -0.15) is 0 Å². The van der Waals surface area contributed by atoms with Crippen LogP contribution in [0.15, 0.2) is 27.8 Å². The molecule has 3 rings (SSSR count). The van der Waals surface area contributed by atoms with Crippen LogP contribution in [-0.4, -0.2) is 47.4 Å². The second kappa shape index (κ2) is 6.09. The van der Waals surface area contributed by atoms with Gasteiger partial charge >= 0.3 is 0 Å². The lowest BCUT2D eigenvalue weighted by Gasteiger charge is -2.50. The fourth-order valence-electron chi connectivity index (χ4n) is 3.63. The standard InChI is InChI=1S/C16H22BrN5O2/c1-16(9-14(23)21(2)15(18)20-16)11-4-3-7-22(24,10-11)13-8-12(17)5-6-19-13/h5-6,8,11H,3-4,7,9-10H2,1-2H3,(H2,18,20)/t11?,16-,22?/m0/s1. The molecule has 8 heteroatoms. The third kappa shape index (κ3) is 3.05. The second-order valence-corrected chi connectivity index (χ2v) is 7.84. The van der Waals surface area contributed by atoms with E-state index in [1.54, 1.807) is 25.4 Å². The first kappa shape index (κ1) is 17.3. The fourth-order valence-corrected chi connectivity index (χ4v) is 3.95. The third-order valence-corrected chi connectivity index (χ3v) is 5.68. The summed E-state index contributed by atoms with van der Waals surface area (Å²) >= 11 is 3.40. The Morgan fingerprint density at radius 3 is 2.96 bits per heavy atom. The van der Waals surface area contributed by atoms with Gasteiger partial charge in [0.2, 0.25) is 11.7 Å². The largest absolute Gasteiger partial charge is 0.626 e. The van der Waals surface area contributed by atoms with E-state index in [0.29, 0.717) is 18.9 Å². The van der Waals surface area contributed by atoms with E-state index in [2.05, 4.69) is 25.9 Å². The van der Waals surface area contributed by atoms with Crippen LogP contribution >= 0.6 is 15.9 Å². The maximum atomic E-state index is 13.4. The van der Waals surface area contributed by atoms with Gasteiger partial charge in [0.05, 0.1) is 25.0 Å². The van der Waals surface area contributed by atoms with Crippen LogP contribution in [0.25, 0.3) is 0 Å². The minimum absolute atomic E-state index is 0.0132. The van der Waals surface area contributed by atoms with Gasteiger partial charge in [0, 0.05) is 29.7 Å². The van der Waals surface area contributed by atoms with E-state index in [4.69, 9.17) is 5.73 Å². The molecule has 1 fully saturated rings. The first-order chi connectivity index (χ1) is 11.2. The van der Waals surface area contributed by atoms with Crippen molar-refractivity contribution < 1.29 is 4.79 Å². The molecule has 1 aromatic heterocycles. The molecule has 1 aromatic rings. The molecule has 2 unspecified atom stereocenters. The minimum Gasteiger partial charge on any atom is -0.626 e. The molecule has 0 aromatic carbocycles. The summed E-state index contributed by atoms with van der Waals surface area (Å²) < 4.78 is 0.352. The van der Waals surface area contributed by atoms with Gasteiger partial charge in [0.25, 0.3) is 0 Å². The number of guanidine groups is 1. The van der Waals surface area contributed by atoms with E-state index < -0.39 is 10.2 Å². The van der Waals surface area contributed by atoms with Crippen LogP contribution in [0.1, 0.15) is 26.2 Å².